The summed E-state index contributed by atoms with van der Waals surface area (Å²) in [7, 11) is -1.20. The maximum Gasteiger partial charge on any atom is 0.129 e. The molecule has 0 heterocycles. The van der Waals surface area contributed by atoms with Crippen LogP contribution < -0.4 is 0 Å². The monoisotopic (exact) mass is 180 g/mol. The molecule has 0 aliphatic heterocycles. The Morgan fingerprint density at radius 1 is 1.08 bits per heavy atom. The molecule has 0 radical (unpaired) electrons. The lowest BCUT2D eigenvalue weighted by Crippen LogP contribution is -2.16. The van der Waals surface area contributed by atoms with E-state index in [1.54, 1.807) is 0 Å². The Hall–Kier alpha value is -0.703. The van der Waals surface area contributed by atoms with Crippen molar-refractivity contribution in [3.8, 4) is 23.3 Å². The van der Waals surface area contributed by atoms with Gasteiger partial charge in [0.05, 0.1) is 13.0 Å². The second-order valence-corrected chi connectivity index (χ2v) is 8.31. The van der Waals surface area contributed by atoms with Crippen molar-refractivity contribution in [2.45, 2.75) is 32.5 Å². The maximum atomic E-state index is 8.42. The fourth-order valence-electron chi connectivity index (χ4n) is 0.560. The Bertz CT molecular complexity index is 229. The minimum atomic E-state index is -1.20. The normalized spacial score (nSPS) is 9.33. The smallest absolute Gasteiger partial charge is 0.129 e. The van der Waals surface area contributed by atoms with Gasteiger partial charge in [-0.1, -0.05) is 37.4 Å². The molecule has 12 heavy (non-hydrogen) atoms. The van der Waals surface area contributed by atoms with Crippen LogP contribution in [0.5, 0.6) is 0 Å². The van der Waals surface area contributed by atoms with Gasteiger partial charge in [-0.2, -0.15) is 0 Å². The Morgan fingerprint density at radius 2 is 1.75 bits per heavy atom. The van der Waals surface area contributed by atoms with Gasteiger partial charge in [0.1, 0.15) is 8.07 Å². The van der Waals surface area contributed by atoms with Crippen molar-refractivity contribution >= 4 is 8.07 Å². The molecule has 0 bridgehead atoms. The number of hydrogen-bond acceptors (Lipinski definition) is 1. The molecule has 0 saturated heterocycles. The van der Waals surface area contributed by atoms with E-state index in [0.717, 1.165) is 0 Å². The first-order chi connectivity index (χ1) is 5.56. The van der Waals surface area contributed by atoms with Crippen molar-refractivity contribution in [3.05, 3.63) is 0 Å². The van der Waals surface area contributed by atoms with Gasteiger partial charge >= 0.3 is 0 Å². The third-order valence-electron chi connectivity index (χ3n) is 1.00. The van der Waals surface area contributed by atoms with E-state index in [0.29, 0.717) is 12.8 Å². The molecule has 0 amide bonds. The first kappa shape index (κ1) is 11.3. The predicted molar refractivity (Wildman–Crippen MR) is 55.2 cm³/mol. The SMILES string of the molecule is C[Si](C)(C)C#CCC#CCCO. The van der Waals surface area contributed by atoms with Crippen molar-refractivity contribution in [2.75, 3.05) is 6.61 Å². The van der Waals surface area contributed by atoms with Crippen LogP contribution in [0.1, 0.15) is 12.8 Å². The van der Waals surface area contributed by atoms with Gasteiger partial charge in [-0.3, -0.25) is 0 Å². The van der Waals surface area contributed by atoms with E-state index in [9.17, 15) is 0 Å². The number of rotatable bonds is 1. The fourth-order valence-corrected chi connectivity index (χ4v) is 1.18. The highest BCUT2D eigenvalue weighted by atomic mass is 28.3. The summed E-state index contributed by atoms with van der Waals surface area (Å²) in [5.74, 6) is 8.77. The van der Waals surface area contributed by atoms with Gasteiger partial charge in [-0.25, -0.2) is 0 Å². The molecule has 0 saturated carbocycles. The Morgan fingerprint density at radius 3 is 2.25 bits per heavy atom. The summed E-state index contributed by atoms with van der Waals surface area (Å²) in [4.78, 5) is 0. The molecule has 66 valence electrons. The first-order valence-electron chi connectivity index (χ1n) is 4.13. The largest absolute Gasteiger partial charge is 0.395 e. The molecule has 0 atom stereocenters. The molecular weight excluding hydrogens is 164 g/mol. The van der Waals surface area contributed by atoms with E-state index < -0.39 is 8.07 Å². The molecule has 0 aliphatic rings. The molecule has 1 N–H and O–H groups in total. The van der Waals surface area contributed by atoms with Gasteiger partial charge in [0.15, 0.2) is 0 Å². The van der Waals surface area contributed by atoms with Crippen molar-refractivity contribution < 1.29 is 5.11 Å². The van der Waals surface area contributed by atoms with Crippen molar-refractivity contribution in [2.24, 2.45) is 0 Å². The molecule has 1 nitrogen and oxygen atoms in total. The second kappa shape index (κ2) is 5.89. The quantitative estimate of drug-likeness (QED) is 0.480. The molecule has 0 aromatic heterocycles. The summed E-state index contributed by atoms with van der Waals surface area (Å²) < 4.78 is 0. The summed E-state index contributed by atoms with van der Waals surface area (Å²) in [5.41, 5.74) is 3.22. The van der Waals surface area contributed by atoms with E-state index in [4.69, 9.17) is 5.11 Å². The molecule has 0 aromatic carbocycles. The average molecular weight is 180 g/mol. The average Bonchev–Trinajstić information content (AvgIpc) is 1.94. The zero-order valence-corrected chi connectivity index (χ0v) is 9.07. The van der Waals surface area contributed by atoms with E-state index >= 15 is 0 Å². The van der Waals surface area contributed by atoms with Crippen LogP contribution in [0.4, 0.5) is 0 Å². The lowest BCUT2D eigenvalue weighted by Gasteiger charge is -2.02. The van der Waals surface area contributed by atoms with Crippen LogP contribution in [-0.2, 0) is 0 Å². The molecule has 2 heteroatoms. The van der Waals surface area contributed by atoms with Crippen molar-refractivity contribution in [3.63, 3.8) is 0 Å². The molecule has 0 aromatic rings. The lowest BCUT2D eigenvalue weighted by atomic mass is 10.4. The van der Waals surface area contributed by atoms with Gasteiger partial charge < -0.3 is 5.11 Å². The third-order valence-corrected chi connectivity index (χ3v) is 1.93. The van der Waals surface area contributed by atoms with Crippen LogP contribution in [-0.4, -0.2) is 19.8 Å². The number of aliphatic hydroxyl groups excluding tert-OH is 1. The van der Waals surface area contributed by atoms with Gasteiger partial charge in [0.25, 0.3) is 0 Å². The van der Waals surface area contributed by atoms with Crippen LogP contribution in [0, 0.1) is 23.3 Å². The highest BCUT2D eigenvalue weighted by Crippen LogP contribution is 1.96. The van der Waals surface area contributed by atoms with Crippen LogP contribution in [0.15, 0.2) is 0 Å². The van der Waals surface area contributed by atoms with Gasteiger partial charge in [-0.15, -0.1) is 5.54 Å². The number of aliphatic hydroxyl groups is 1. The number of hydrogen-bond donors (Lipinski definition) is 1. The van der Waals surface area contributed by atoms with E-state index in [1.165, 1.54) is 0 Å². The molecule has 0 unspecified atom stereocenters. The van der Waals surface area contributed by atoms with Gasteiger partial charge in [0.2, 0.25) is 0 Å². The van der Waals surface area contributed by atoms with Crippen molar-refractivity contribution in [1.82, 2.24) is 0 Å². The summed E-state index contributed by atoms with van der Waals surface area (Å²) >= 11 is 0. The topological polar surface area (TPSA) is 20.2 Å². The maximum absolute atomic E-state index is 8.42. The zero-order valence-electron chi connectivity index (χ0n) is 8.07. The van der Waals surface area contributed by atoms with E-state index in [1.807, 2.05) is 0 Å². The minimum absolute atomic E-state index is 0.147. The summed E-state index contributed by atoms with van der Waals surface area (Å²) in [5, 5.41) is 8.42. The molecule has 0 fully saturated rings. The van der Waals surface area contributed by atoms with Crippen molar-refractivity contribution in [1.29, 1.82) is 0 Å². The first-order valence-corrected chi connectivity index (χ1v) is 7.63. The molecular formula is C10H16OSi. The van der Waals surface area contributed by atoms with Crippen LogP contribution in [0.2, 0.25) is 19.6 Å². The highest BCUT2D eigenvalue weighted by Gasteiger charge is 2.06. The van der Waals surface area contributed by atoms with Crippen LogP contribution in [0.25, 0.3) is 0 Å². The standard InChI is InChI=1S/C10H16OSi/c1-12(2,3)10-8-6-4-5-7-9-11/h11H,6-7,9H2,1-3H3. The van der Waals surface area contributed by atoms with Crippen LogP contribution in [0.3, 0.4) is 0 Å². The lowest BCUT2D eigenvalue weighted by molar-refractivity contribution is 0.305. The molecule has 0 spiro atoms. The van der Waals surface area contributed by atoms with Gasteiger partial charge in [-0.05, 0) is 0 Å². The zero-order chi connectivity index (χ0) is 9.45. The predicted octanol–water partition coefficient (Wildman–Crippen LogP) is 1.64. The Balaban J connectivity index is 3.68. The van der Waals surface area contributed by atoms with E-state index in [2.05, 4.69) is 42.9 Å². The Labute approximate surface area is 76.2 Å². The highest BCUT2D eigenvalue weighted by molar-refractivity contribution is 6.83. The molecule has 0 aliphatic carbocycles. The third kappa shape index (κ3) is 9.30. The Kier molecular flexibility index (Phi) is 5.54. The second-order valence-electron chi connectivity index (χ2n) is 3.56. The summed E-state index contributed by atoms with van der Waals surface area (Å²) in [6.07, 6.45) is 1.21. The summed E-state index contributed by atoms with van der Waals surface area (Å²) in [6, 6.07) is 0. The minimum Gasteiger partial charge on any atom is -0.395 e. The van der Waals surface area contributed by atoms with Crippen LogP contribution >= 0.6 is 0 Å². The summed E-state index contributed by atoms with van der Waals surface area (Å²) in [6.45, 7) is 6.78. The molecule has 0 rings (SSSR count). The van der Waals surface area contributed by atoms with Gasteiger partial charge in [0, 0.05) is 6.42 Å². The fraction of sp³-hybridized carbons (Fsp3) is 0.600. The van der Waals surface area contributed by atoms with E-state index in [-0.39, 0.29) is 6.61 Å².